The quantitative estimate of drug-likeness (QED) is 0.548. The minimum atomic E-state index is -1.18. The summed E-state index contributed by atoms with van der Waals surface area (Å²) in [6, 6.07) is 15.1. The van der Waals surface area contributed by atoms with Crippen molar-refractivity contribution in [2.75, 3.05) is 25.7 Å². The zero-order valence-corrected chi connectivity index (χ0v) is 18.3. The van der Waals surface area contributed by atoms with E-state index in [1.54, 1.807) is 32.0 Å². The lowest BCUT2D eigenvalue weighted by atomic mass is 9.60. The van der Waals surface area contributed by atoms with Crippen LogP contribution in [0.3, 0.4) is 0 Å². The molecule has 2 aromatic carbocycles. The van der Waals surface area contributed by atoms with Gasteiger partial charge in [0.25, 0.3) is 0 Å². The number of hydrogen-bond donors (Lipinski definition) is 0. The summed E-state index contributed by atoms with van der Waals surface area (Å²) in [6.07, 6.45) is 2.33. The van der Waals surface area contributed by atoms with Gasteiger partial charge in [-0.05, 0) is 48.7 Å². The Kier molecular flexibility index (Phi) is 4.69. The molecule has 1 amide bonds. The number of allylic oxidation sites excluding steroid dienone is 1. The van der Waals surface area contributed by atoms with Crippen LogP contribution in [0.2, 0.25) is 0 Å². The lowest BCUT2D eigenvalue weighted by molar-refractivity contribution is -0.156. The van der Waals surface area contributed by atoms with E-state index in [4.69, 9.17) is 9.47 Å². The second-order valence-corrected chi connectivity index (χ2v) is 8.62. The minimum Gasteiger partial charge on any atom is -0.497 e. The zero-order chi connectivity index (χ0) is 22.6. The number of fused-ring (bicyclic) bond motifs is 5. The lowest BCUT2D eigenvalue weighted by Gasteiger charge is -2.39. The molecule has 6 heteroatoms. The maximum atomic E-state index is 13.9. The number of anilines is 1. The number of ether oxygens (including phenoxy) is 2. The maximum Gasteiger partial charge on any atom is 0.311 e. The standard InChI is InChI=1S/C26H25NO5/c1-4-32-24(29)22-18-14-19(17(23(18)28)12-15-8-6-5-7-9-15)26(22)20-13-16(31-3)10-11-21(20)27(2)25(26)30/h5-13,18-19,22H,4,14H2,1-3H3/b17-12+/t18-,19-,22-,26-/m0/s1. The molecular formula is C26H25NO5. The monoisotopic (exact) mass is 431 g/mol. The number of esters is 1. The molecule has 2 saturated carbocycles. The van der Waals surface area contributed by atoms with Crippen molar-refractivity contribution < 1.29 is 23.9 Å². The molecule has 1 spiro atoms. The van der Waals surface area contributed by atoms with Crippen molar-refractivity contribution in [3.05, 3.63) is 65.2 Å². The number of hydrogen-bond acceptors (Lipinski definition) is 5. The van der Waals surface area contributed by atoms with Crippen molar-refractivity contribution in [3.8, 4) is 5.75 Å². The highest BCUT2D eigenvalue weighted by molar-refractivity contribution is 6.17. The summed E-state index contributed by atoms with van der Waals surface area (Å²) in [6.45, 7) is 1.93. The Bertz CT molecular complexity index is 1150. The number of amides is 1. The van der Waals surface area contributed by atoms with Gasteiger partial charge in [-0.2, -0.15) is 0 Å². The van der Waals surface area contributed by atoms with Gasteiger partial charge in [0.05, 0.1) is 25.0 Å². The fraction of sp³-hybridized carbons (Fsp3) is 0.346. The van der Waals surface area contributed by atoms with Gasteiger partial charge in [0.1, 0.15) is 5.75 Å². The molecule has 5 rings (SSSR count). The number of carbonyl (C=O) groups excluding carboxylic acids is 3. The summed E-state index contributed by atoms with van der Waals surface area (Å²) < 4.78 is 10.9. The number of rotatable bonds is 4. The number of benzene rings is 2. The fourth-order valence-electron chi connectivity index (χ4n) is 6.01. The molecular weight excluding hydrogens is 406 g/mol. The van der Waals surface area contributed by atoms with Crippen molar-refractivity contribution in [2.24, 2.45) is 17.8 Å². The minimum absolute atomic E-state index is 0.0608. The number of likely N-dealkylation sites (N-methyl/N-ethyl adjacent to an activating group) is 1. The van der Waals surface area contributed by atoms with E-state index in [9.17, 15) is 14.4 Å². The number of ketones is 1. The molecule has 2 fully saturated rings. The summed E-state index contributed by atoms with van der Waals surface area (Å²) in [7, 11) is 3.29. The van der Waals surface area contributed by atoms with Crippen LogP contribution in [0.4, 0.5) is 5.69 Å². The van der Waals surface area contributed by atoms with E-state index < -0.39 is 29.1 Å². The highest BCUT2D eigenvalue weighted by Gasteiger charge is 2.73. The Balaban J connectivity index is 1.75. The van der Waals surface area contributed by atoms with Gasteiger partial charge in [-0.25, -0.2) is 0 Å². The third kappa shape index (κ3) is 2.55. The fourth-order valence-corrected chi connectivity index (χ4v) is 6.01. The molecule has 0 N–H and O–H groups in total. The first-order chi connectivity index (χ1) is 15.4. The summed E-state index contributed by atoms with van der Waals surface area (Å²) in [5.41, 5.74) is 1.81. The van der Waals surface area contributed by atoms with E-state index in [0.29, 0.717) is 17.7 Å². The normalized spacial score (nSPS) is 29.2. The summed E-state index contributed by atoms with van der Waals surface area (Å²) in [5.74, 6) is -1.94. The van der Waals surface area contributed by atoms with Gasteiger partial charge in [0, 0.05) is 30.1 Å². The highest BCUT2D eigenvalue weighted by Crippen LogP contribution is 2.66. The van der Waals surface area contributed by atoms with E-state index in [0.717, 1.165) is 16.8 Å². The van der Waals surface area contributed by atoms with Crippen LogP contribution in [0.15, 0.2) is 54.1 Å². The Morgan fingerprint density at radius 2 is 1.94 bits per heavy atom. The van der Waals surface area contributed by atoms with Gasteiger partial charge < -0.3 is 14.4 Å². The van der Waals surface area contributed by atoms with Crippen LogP contribution in [0.25, 0.3) is 6.08 Å². The number of nitrogens with zero attached hydrogens (tertiary/aromatic N) is 1. The zero-order valence-electron chi connectivity index (χ0n) is 18.3. The SMILES string of the molecule is CCOC(=O)[C@@H]1[C@@H]2C[C@@H](/C(=C\c3ccccc3)C2=O)[C@@]12C(=O)N(C)c1ccc(OC)cc12. The van der Waals surface area contributed by atoms with Crippen molar-refractivity contribution in [1.82, 2.24) is 0 Å². The smallest absolute Gasteiger partial charge is 0.311 e. The van der Waals surface area contributed by atoms with Gasteiger partial charge in [0.15, 0.2) is 5.78 Å². The first-order valence-electron chi connectivity index (χ1n) is 10.9. The predicted molar refractivity (Wildman–Crippen MR) is 119 cm³/mol. The van der Waals surface area contributed by atoms with Crippen LogP contribution in [0, 0.1) is 17.8 Å². The second kappa shape index (κ2) is 7.33. The van der Waals surface area contributed by atoms with Gasteiger partial charge in [-0.3, -0.25) is 14.4 Å². The van der Waals surface area contributed by atoms with E-state index in [1.807, 2.05) is 48.5 Å². The summed E-state index contributed by atoms with van der Waals surface area (Å²) in [4.78, 5) is 42.2. The van der Waals surface area contributed by atoms with E-state index >= 15 is 0 Å². The molecule has 0 saturated heterocycles. The third-order valence-corrected chi connectivity index (χ3v) is 7.26. The molecule has 2 aromatic rings. The average Bonchev–Trinajstić information content (AvgIpc) is 3.39. The van der Waals surface area contributed by atoms with E-state index in [1.165, 1.54) is 0 Å². The second-order valence-electron chi connectivity index (χ2n) is 8.62. The van der Waals surface area contributed by atoms with Crippen LogP contribution in [0.5, 0.6) is 5.75 Å². The predicted octanol–water partition coefficient (Wildman–Crippen LogP) is 3.39. The van der Waals surface area contributed by atoms with Crippen LogP contribution in [-0.2, 0) is 24.5 Å². The molecule has 0 aromatic heterocycles. The average molecular weight is 431 g/mol. The molecule has 0 unspecified atom stereocenters. The number of methoxy groups -OCH3 is 1. The van der Waals surface area contributed by atoms with E-state index in [-0.39, 0.29) is 18.3 Å². The lowest BCUT2D eigenvalue weighted by Crippen LogP contribution is -2.54. The van der Waals surface area contributed by atoms with Crippen LogP contribution in [-0.4, -0.2) is 38.4 Å². The number of Topliss-reactive ketones (excluding diaryl/α,β-unsaturated/α-hetero) is 1. The van der Waals surface area contributed by atoms with Crippen LogP contribution >= 0.6 is 0 Å². The van der Waals surface area contributed by atoms with Crippen LogP contribution in [0.1, 0.15) is 24.5 Å². The molecule has 4 atom stereocenters. The van der Waals surface area contributed by atoms with Gasteiger partial charge in [-0.1, -0.05) is 30.3 Å². The van der Waals surface area contributed by atoms with Crippen molar-refractivity contribution in [3.63, 3.8) is 0 Å². The molecule has 3 aliphatic rings. The van der Waals surface area contributed by atoms with Gasteiger partial charge in [0.2, 0.25) is 5.91 Å². The Hall–Kier alpha value is -3.41. The number of carbonyl (C=O) groups is 3. The molecule has 1 aliphatic heterocycles. The topological polar surface area (TPSA) is 72.9 Å². The molecule has 0 radical (unpaired) electrons. The molecule has 2 bridgehead atoms. The first-order valence-corrected chi connectivity index (χ1v) is 10.9. The molecule has 6 nitrogen and oxygen atoms in total. The first kappa shape index (κ1) is 20.5. The van der Waals surface area contributed by atoms with Crippen molar-refractivity contribution in [2.45, 2.75) is 18.8 Å². The molecule has 164 valence electrons. The van der Waals surface area contributed by atoms with Gasteiger partial charge >= 0.3 is 5.97 Å². The Morgan fingerprint density at radius 1 is 1.19 bits per heavy atom. The van der Waals surface area contributed by atoms with Crippen LogP contribution < -0.4 is 9.64 Å². The summed E-state index contributed by atoms with van der Waals surface area (Å²) >= 11 is 0. The Labute approximate surface area is 186 Å². The van der Waals surface area contributed by atoms with E-state index in [2.05, 4.69) is 0 Å². The maximum absolute atomic E-state index is 13.9. The van der Waals surface area contributed by atoms with Gasteiger partial charge in [-0.15, -0.1) is 0 Å². The third-order valence-electron chi connectivity index (χ3n) is 7.26. The highest BCUT2D eigenvalue weighted by atomic mass is 16.5. The molecule has 32 heavy (non-hydrogen) atoms. The molecule has 2 aliphatic carbocycles. The largest absolute Gasteiger partial charge is 0.497 e. The summed E-state index contributed by atoms with van der Waals surface area (Å²) in [5, 5.41) is 0. The molecule has 1 heterocycles. The Morgan fingerprint density at radius 3 is 2.62 bits per heavy atom. The van der Waals surface area contributed by atoms with Crippen molar-refractivity contribution in [1.29, 1.82) is 0 Å². The van der Waals surface area contributed by atoms with Crippen molar-refractivity contribution >= 4 is 29.4 Å².